The molecular formula is C27H24BrN3O2. The molecular weight excluding hydrogens is 478 g/mol. The van der Waals surface area contributed by atoms with E-state index in [-0.39, 0.29) is 5.56 Å². The van der Waals surface area contributed by atoms with Gasteiger partial charge in [-0.25, -0.2) is 4.98 Å². The summed E-state index contributed by atoms with van der Waals surface area (Å²) in [6.45, 7) is 2.71. The molecule has 0 aliphatic carbocycles. The maximum absolute atomic E-state index is 13.6. The summed E-state index contributed by atoms with van der Waals surface area (Å²) in [7, 11) is 0. The van der Waals surface area contributed by atoms with E-state index in [0.29, 0.717) is 23.9 Å². The molecule has 5 aromatic rings. The minimum atomic E-state index is -0.0649. The van der Waals surface area contributed by atoms with Crippen LogP contribution in [0.3, 0.4) is 0 Å². The number of hydrogen-bond acceptors (Lipinski definition) is 3. The number of aromatic nitrogens is 3. The van der Waals surface area contributed by atoms with Crippen LogP contribution in [0.2, 0.25) is 0 Å². The smallest absolute Gasteiger partial charge is 0.265 e. The number of nitrogens with one attached hydrogen (secondary N) is 1. The van der Waals surface area contributed by atoms with Crippen molar-refractivity contribution in [3.8, 4) is 11.4 Å². The molecule has 0 atom stereocenters. The molecule has 0 bridgehead atoms. The maximum atomic E-state index is 13.6. The van der Waals surface area contributed by atoms with Crippen LogP contribution < -0.4 is 10.3 Å². The minimum absolute atomic E-state index is 0.0649. The number of fused-ring (bicyclic) bond motifs is 2. The Morgan fingerprint density at radius 3 is 2.76 bits per heavy atom. The lowest BCUT2D eigenvalue weighted by atomic mass is 10.1. The highest BCUT2D eigenvalue weighted by molar-refractivity contribution is 9.10. The normalized spacial score (nSPS) is 11.3. The SMILES string of the molecule is CCCOc1cccc(-n2c(CCc3c[nH]c4ccc(Br)cc34)nc3ccccc3c2=O)c1. The fraction of sp³-hybridized carbons (Fsp3) is 0.185. The Bertz CT molecular complexity index is 1500. The van der Waals surface area contributed by atoms with E-state index in [1.54, 1.807) is 4.57 Å². The van der Waals surface area contributed by atoms with Gasteiger partial charge >= 0.3 is 0 Å². The Balaban J connectivity index is 1.59. The Kier molecular flexibility index (Phi) is 6.01. The first-order valence-electron chi connectivity index (χ1n) is 11.1. The molecule has 33 heavy (non-hydrogen) atoms. The molecule has 0 amide bonds. The third-order valence-electron chi connectivity index (χ3n) is 5.74. The van der Waals surface area contributed by atoms with Crippen molar-refractivity contribution < 1.29 is 4.74 Å². The summed E-state index contributed by atoms with van der Waals surface area (Å²) in [5.41, 5.74) is 3.71. The zero-order chi connectivity index (χ0) is 22.8. The number of nitrogens with zero attached hydrogens (tertiary/aromatic N) is 2. The van der Waals surface area contributed by atoms with E-state index in [1.807, 2.05) is 60.8 Å². The van der Waals surface area contributed by atoms with Gasteiger partial charge in [-0.1, -0.05) is 41.1 Å². The van der Waals surface area contributed by atoms with Crippen LogP contribution in [0, 0.1) is 0 Å². The molecule has 166 valence electrons. The van der Waals surface area contributed by atoms with Gasteiger partial charge < -0.3 is 9.72 Å². The highest BCUT2D eigenvalue weighted by Gasteiger charge is 2.14. The number of para-hydroxylation sites is 1. The van der Waals surface area contributed by atoms with Crippen LogP contribution in [0.25, 0.3) is 27.5 Å². The van der Waals surface area contributed by atoms with Crippen molar-refractivity contribution >= 4 is 37.7 Å². The van der Waals surface area contributed by atoms with Crippen molar-refractivity contribution in [1.82, 2.24) is 14.5 Å². The summed E-state index contributed by atoms with van der Waals surface area (Å²) in [6, 6.07) is 21.4. The summed E-state index contributed by atoms with van der Waals surface area (Å²) in [4.78, 5) is 21.8. The molecule has 0 spiro atoms. The lowest BCUT2D eigenvalue weighted by Crippen LogP contribution is -2.24. The first-order chi connectivity index (χ1) is 16.1. The van der Waals surface area contributed by atoms with Crippen LogP contribution in [-0.2, 0) is 12.8 Å². The van der Waals surface area contributed by atoms with Crippen molar-refractivity contribution in [1.29, 1.82) is 0 Å². The van der Waals surface area contributed by atoms with Gasteiger partial charge in [0.05, 0.1) is 23.2 Å². The van der Waals surface area contributed by atoms with Crippen molar-refractivity contribution in [2.45, 2.75) is 26.2 Å². The molecule has 0 saturated carbocycles. The quantitative estimate of drug-likeness (QED) is 0.288. The summed E-state index contributed by atoms with van der Waals surface area (Å²) in [6.07, 6.45) is 4.35. The number of aromatic amines is 1. The second-order valence-electron chi connectivity index (χ2n) is 8.04. The molecule has 0 unspecified atom stereocenters. The summed E-state index contributed by atoms with van der Waals surface area (Å²) in [5, 5.41) is 1.78. The molecule has 2 aromatic heterocycles. The van der Waals surface area contributed by atoms with Crippen molar-refractivity contribution in [2.75, 3.05) is 6.61 Å². The van der Waals surface area contributed by atoms with Gasteiger partial charge in [-0.05, 0) is 60.9 Å². The Morgan fingerprint density at radius 2 is 1.88 bits per heavy atom. The average Bonchev–Trinajstić information content (AvgIpc) is 3.23. The van der Waals surface area contributed by atoms with E-state index in [2.05, 4.69) is 40.0 Å². The number of benzene rings is 3. The van der Waals surface area contributed by atoms with Crippen LogP contribution in [0.5, 0.6) is 5.75 Å². The molecule has 5 nitrogen and oxygen atoms in total. The lowest BCUT2D eigenvalue weighted by molar-refractivity contribution is 0.317. The van der Waals surface area contributed by atoms with Crippen LogP contribution in [0.4, 0.5) is 0 Å². The molecule has 2 heterocycles. The Morgan fingerprint density at radius 1 is 1.00 bits per heavy atom. The number of ether oxygens (including phenoxy) is 1. The summed E-state index contributed by atoms with van der Waals surface area (Å²) in [5.74, 6) is 1.48. The lowest BCUT2D eigenvalue weighted by Gasteiger charge is -2.15. The van der Waals surface area contributed by atoms with Crippen LogP contribution in [0.15, 0.2) is 82.2 Å². The van der Waals surface area contributed by atoms with Gasteiger partial charge in [0.15, 0.2) is 0 Å². The summed E-state index contributed by atoms with van der Waals surface area (Å²) < 4.78 is 8.59. The maximum Gasteiger partial charge on any atom is 0.265 e. The summed E-state index contributed by atoms with van der Waals surface area (Å²) >= 11 is 3.57. The van der Waals surface area contributed by atoms with Crippen molar-refractivity contribution in [3.63, 3.8) is 0 Å². The third kappa shape index (κ3) is 4.31. The monoisotopic (exact) mass is 501 g/mol. The molecule has 0 saturated heterocycles. The third-order valence-corrected chi connectivity index (χ3v) is 6.23. The zero-order valence-corrected chi connectivity index (χ0v) is 19.9. The van der Waals surface area contributed by atoms with Gasteiger partial charge in [-0.3, -0.25) is 9.36 Å². The van der Waals surface area contributed by atoms with Gasteiger partial charge in [0.1, 0.15) is 11.6 Å². The zero-order valence-electron chi connectivity index (χ0n) is 18.3. The van der Waals surface area contributed by atoms with Crippen LogP contribution in [-0.4, -0.2) is 21.1 Å². The molecule has 0 aliphatic heterocycles. The van der Waals surface area contributed by atoms with Crippen molar-refractivity contribution in [3.05, 3.63) is 99.1 Å². The Hall–Kier alpha value is -3.38. The first-order valence-corrected chi connectivity index (χ1v) is 11.9. The molecule has 0 aliphatic rings. The molecule has 3 aromatic carbocycles. The molecule has 6 heteroatoms. The van der Waals surface area contributed by atoms with Crippen LogP contribution >= 0.6 is 15.9 Å². The average molecular weight is 502 g/mol. The largest absolute Gasteiger partial charge is 0.494 e. The standard InChI is InChI=1S/C27H24BrN3O2/c1-2-14-33-21-7-5-6-20(16-21)31-26(30-25-9-4-3-8-22(25)27(31)32)13-10-18-17-29-24-12-11-19(28)15-23(18)24/h3-9,11-12,15-17,29H,2,10,13-14H2,1H3. The van der Waals surface area contributed by atoms with Gasteiger partial charge in [-0.2, -0.15) is 0 Å². The second-order valence-corrected chi connectivity index (χ2v) is 8.95. The minimum Gasteiger partial charge on any atom is -0.494 e. The fourth-order valence-electron chi connectivity index (χ4n) is 4.15. The topological polar surface area (TPSA) is 59.9 Å². The molecule has 1 N–H and O–H groups in total. The number of rotatable bonds is 7. The predicted octanol–water partition coefficient (Wildman–Crippen LogP) is 6.20. The Labute approximate surface area is 200 Å². The van der Waals surface area contributed by atoms with Gasteiger partial charge in [0.25, 0.3) is 5.56 Å². The van der Waals surface area contributed by atoms with Gasteiger partial charge in [0, 0.05) is 34.1 Å². The number of H-pyrrole nitrogens is 1. The predicted molar refractivity (Wildman–Crippen MR) is 137 cm³/mol. The van der Waals surface area contributed by atoms with E-state index in [4.69, 9.17) is 9.72 Å². The first kappa shape index (κ1) is 21.5. The highest BCUT2D eigenvalue weighted by Crippen LogP contribution is 2.25. The van der Waals surface area contributed by atoms with E-state index in [1.165, 1.54) is 10.9 Å². The van der Waals surface area contributed by atoms with Crippen LogP contribution in [0.1, 0.15) is 24.7 Å². The number of hydrogen-bond donors (Lipinski definition) is 1. The molecule has 0 fully saturated rings. The van der Waals surface area contributed by atoms with E-state index in [0.717, 1.165) is 40.1 Å². The molecule has 0 radical (unpaired) electrons. The van der Waals surface area contributed by atoms with E-state index < -0.39 is 0 Å². The van der Waals surface area contributed by atoms with Crippen molar-refractivity contribution in [2.24, 2.45) is 0 Å². The van der Waals surface area contributed by atoms with Gasteiger partial charge in [0.2, 0.25) is 0 Å². The molecule has 5 rings (SSSR count). The van der Waals surface area contributed by atoms with E-state index in [9.17, 15) is 4.79 Å². The van der Waals surface area contributed by atoms with Gasteiger partial charge in [-0.15, -0.1) is 0 Å². The fourth-order valence-corrected chi connectivity index (χ4v) is 4.51. The number of halogens is 1. The highest BCUT2D eigenvalue weighted by atomic mass is 79.9. The number of aryl methyl sites for hydroxylation is 2. The van der Waals surface area contributed by atoms with E-state index >= 15 is 0 Å². The second kappa shape index (κ2) is 9.24.